The fourth-order valence-corrected chi connectivity index (χ4v) is 9.11. The Morgan fingerprint density at radius 3 is 2.81 bits per heavy atom. The van der Waals surface area contributed by atoms with Gasteiger partial charge in [0.25, 0.3) is 5.91 Å². The highest BCUT2D eigenvalue weighted by Gasteiger charge is 2.42. The number of anilines is 1. The zero-order valence-corrected chi connectivity index (χ0v) is 22.9. The van der Waals surface area contributed by atoms with Gasteiger partial charge < -0.3 is 19.1 Å². The maximum Gasteiger partial charge on any atom is 0.305 e. The van der Waals surface area contributed by atoms with Crippen molar-refractivity contribution < 1.29 is 14.3 Å². The maximum atomic E-state index is 13.5. The van der Waals surface area contributed by atoms with E-state index in [1.807, 2.05) is 50.8 Å². The van der Waals surface area contributed by atoms with E-state index in [4.69, 9.17) is 4.74 Å². The fourth-order valence-electron chi connectivity index (χ4n) is 6.08. The molecule has 1 saturated heterocycles. The number of fused-ring (bicyclic) bond motifs is 6. The lowest BCUT2D eigenvalue weighted by molar-refractivity contribution is -0.144. The van der Waals surface area contributed by atoms with Crippen LogP contribution in [0, 0.1) is 0 Å². The van der Waals surface area contributed by atoms with E-state index in [0.29, 0.717) is 26.1 Å². The van der Waals surface area contributed by atoms with Gasteiger partial charge >= 0.3 is 5.97 Å². The number of rotatable bonds is 8. The zero-order chi connectivity index (χ0) is 25.4. The van der Waals surface area contributed by atoms with Crippen molar-refractivity contribution in [1.29, 1.82) is 0 Å². The molecule has 37 heavy (non-hydrogen) atoms. The van der Waals surface area contributed by atoms with Crippen LogP contribution in [-0.4, -0.2) is 52.5 Å². The van der Waals surface area contributed by atoms with Crippen LogP contribution in [0.4, 0.5) is 5.69 Å². The summed E-state index contributed by atoms with van der Waals surface area (Å²) in [5.41, 5.74) is 5.29. The summed E-state index contributed by atoms with van der Waals surface area (Å²) < 4.78 is 7.98. The second-order valence-corrected chi connectivity index (χ2v) is 12.9. The highest BCUT2D eigenvalue weighted by molar-refractivity contribution is 8.77. The molecule has 0 radical (unpaired) electrons. The van der Waals surface area contributed by atoms with Crippen molar-refractivity contribution in [3.63, 3.8) is 0 Å². The van der Waals surface area contributed by atoms with Crippen LogP contribution in [0.2, 0.25) is 0 Å². The minimum Gasteiger partial charge on any atom is -0.464 e. The molecule has 4 heterocycles. The minimum atomic E-state index is -0.180. The van der Waals surface area contributed by atoms with Crippen molar-refractivity contribution in [3.05, 3.63) is 65.4 Å². The molecule has 6 nitrogen and oxygen atoms in total. The molecule has 1 amide bonds. The SMILES string of the molecule is CN1c2ccccc2C(=O)N2CCc3c(n(CCOC(=O)CCCCC4CCSS4)c4ccccc34)C21. The number of ether oxygens (including phenoxy) is 1. The smallest absolute Gasteiger partial charge is 0.305 e. The van der Waals surface area contributed by atoms with Crippen LogP contribution < -0.4 is 4.90 Å². The first kappa shape index (κ1) is 24.7. The normalized spacial score (nSPS) is 20.6. The molecule has 2 unspecified atom stereocenters. The van der Waals surface area contributed by atoms with E-state index in [1.165, 1.54) is 29.5 Å². The Balaban J connectivity index is 1.19. The molecule has 0 bridgehead atoms. The topological polar surface area (TPSA) is 54.8 Å². The van der Waals surface area contributed by atoms with Gasteiger partial charge in [-0.2, -0.15) is 0 Å². The van der Waals surface area contributed by atoms with E-state index >= 15 is 0 Å². The summed E-state index contributed by atoms with van der Waals surface area (Å²) >= 11 is 0. The third-order valence-corrected chi connectivity index (χ3v) is 10.9. The summed E-state index contributed by atoms with van der Waals surface area (Å²) in [6, 6.07) is 16.3. The third-order valence-electron chi connectivity index (χ3n) is 7.87. The van der Waals surface area contributed by atoms with Gasteiger partial charge in [0.15, 0.2) is 0 Å². The molecule has 194 valence electrons. The van der Waals surface area contributed by atoms with Crippen LogP contribution in [0.15, 0.2) is 48.5 Å². The lowest BCUT2D eigenvalue weighted by atomic mass is 9.96. The number of nitrogens with zero attached hydrogens (tertiary/aromatic N) is 3. The molecule has 2 atom stereocenters. The number of para-hydroxylation sites is 2. The Morgan fingerprint density at radius 1 is 1.11 bits per heavy atom. The molecule has 6 rings (SSSR count). The van der Waals surface area contributed by atoms with Crippen molar-refractivity contribution in [1.82, 2.24) is 9.47 Å². The summed E-state index contributed by atoms with van der Waals surface area (Å²) in [4.78, 5) is 30.2. The maximum absolute atomic E-state index is 13.5. The third kappa shape index (κ3) is 4.63. The second-order valence-electron chi connectivity index (χ2n) is 10.1. The predicted octanol–water partition coefficient (Wildman–Crippen LogP) is 6.05. The van der Waals surface area contributed by atoms with Crippen LogP contribution in [0.25, 0.3) is 10.9 Å². The van der Waals surface area contributed by atoms with Crippen LogP contribution in [0.3, 0.4) is 0 Å². The fraction of sp³-hybridized carbons (Fsp3) is 0.448. The van der Waals surface area contributed by atoms with Crippen molar-refractivity contribution in [2.45, 2.75) is 56.5 Å². The van der Waals surface area contributed by atoms with E-state index in [-0.39, 0.29) is 18.0 Å². The van der Waals surface area contributed by atoms with Crippen molar-refractivity contribution in [3.8, 4) is 0 Å². The van der Waals surface area contributed by atoms with Crippen LogP contribution in [0.5, 0.6) is 0 Å². The van der Waals surface area contributed by atoms with Gasteiger partial charge in [-0.1, -0.05) is 58.3 Å². The molecule has 1 fully saturated rings. The first-order chi connectivity index (χ1) is 18.1. The van der Waals surface area contributed by atoms with Crippen molar-refractivity contribution in [2.75, 3.05) is 30.9 Å². The van der Waals surface area contributed by atoms with Crippen LogP contribution in [-0.2, 0) is 22.5 Å². The van der Waals surface area contributed by atoms with Gasteiger partial charge in [0, 0.05) is 41.9 Å². The Hall–Kier alpha value is -2.58. The standard InChI is InChI=1S/C29H33N3O3S2/c1-30-24-11-5-4-10-23(24)29(34)32-16-14-22-21-9-3-6-12-25(21)31(27(22)28(30)32)17-18-35-26(33)13-7-2-8-20-15-19-36-37-20/h3-6,9-12,20,28H,2,7-8,13-19H2,1H3. The average Bonchev–Trinajstić information content (AvgIpc) is 3.56. The number of carbonyl (C=O) groups excluding carboxylic acids is 2. The lowest BCUT2D eigenvalue weighted by Crippen LogP contribution is -2.51. The molecule has 0 saturated carbocycles. The largest absolute Gasteiger partial charge is 0.464 e. The summed E-state index contributed by atoms with van der Waals surface area (Å²) in [5, 5.41) is 1.98. The van der Waals surface area contributed by atoms with E-state index in [1.54, 1.807) is 0 Å². The Labute approximate surface area is 226 Å². The van der Waals surface area contributed by atoms with Gasteiger partial charge in [0.05, 0.1) is 23.5 Å². The molecule has 8 heteroatoms. The van der Waals surface area contributed by atoms with E-state index < -0.39 is 0 Å². The molecule has 3 aliphatic heterocycles. The van der Waals surface area contributed by atoms with Crippen LogP contribution in [0.1, 0.15) is 59.9 Å². The van der Waals surface area contributed by atoms with Gasteiger partial charge in [0.1, 0.15) is 12.8 Å². The Morgan fingerprint density at radius 2 is 1.95 bits per heavy atom. The molecule has 3 aromatic rings. The first-order valence-corrected chi connectivity index (χ1v) is 15.7. The minimum absolute atomic E-state index is 0.0854. The number of aromatic nitrogens is 1. The van der Waals surface area contributed by atoms with Gasteiger partial charge in [0.2, 0.25) is 0 Å². The molecule has 0 N–H and O–H groups in total. The van der Waals surface area contributed by atoms with Gasteiger partial charge in [-0.05, 0) is 49.4 Å². The number of hydrogen-bond donors (Lipinski definition) is 0. The number of amides is 1. The number of esters is 1. The Bertz CT molecular complexity index is 1320. The van der Waals surface area contributed by atoms with E-state index in [0.717, 1.165) is 47.0 Å². The molecular weight excluding hydrogens is 502 g/mol. The highest BCUT2D eigenvalue weighted by Crippen LogP contribution is 2.44. The summed E-state index contributed by atoms with van der Waals surface area (Å²) in [5.74, 6) is 1.23. The summed E-state index contributed by atoms with van der Waals surface area (Å²) in [6.45, 7) is 1.60. The zero-order valence-electron chi connectivity index (χ0n) is 21.2. The molecular formula is C29H33N3O3S2. The Kier molecular flexibility index (Phi) is 7.12. The monoisotopic (exact) mass is 535 g/mol. The second kappa shape index (κ2) is 10.7. The highest BCUT2D eigenvalue weighted by atomic mass is 33.1. The summed E-state index contributed by atoms with van der Waals surface area (Å²) in [6.07, 6.45) is 5.59. The molecule has 2 aromatic carbocycles. The molecule has 0 spiro atoms. The first-order valence-electron chi connectivity index (χ1n) is 13.3. The van der Waals surface area contributed by atoms with Gasteiger partial charge in [-0.3, -0.25) is 9.59 Å². The predicted molar refractivity (Wildman–Crippen MR) is 152 cm³/mol. The lowest BCUT2D eigenvalue weighted by Gasteiger charge is -2.46. The van der Waals surface area contributed by atoms with E-state index in [9.17, 15) is 9.59 Å². The van der Waals surface area contributed by atoms with Gasteiger partial charge in [-0.25, -0.2) is 0 Å². The number of carbonyl (C=O) groups is 2. The van der Waals surface area contributed by atoms with Gasteiger partial charge in [-0.15, -0.1) is 0 Å². The quantitative estimate of drug-likeness (QED) is 0.199. The van der Waals surface area contributed by atoms with Crippen molar-refractivity contribution >= 4 is 50.1 Å². The molecule has 3 aliphatic rings. The number of benzene rings is 2. The molecule has 0 aliphatic carbocycles. The van der Waals surface area contributed by atoms with E-state index in [2.05, 4.69) is 40.8 Å². The summed E-state index contributed by atoms with van der Waals surface area (Å²) in [7, 11) is 6.04. The average molecular weight is 536 g/mol. The number of hydrogen-bond acceptors (Lipinski definition) is 6. The van der Waals surface area contributed by atoms with Crippen LogP contribution >= 0.6 is 21.6 Å². The van der Waals surface area contributed by atoms with Crippen molar-refractivity contribution in [2.24, 2.45) is 0 Å². The molecule has 1 aromatic heterocycles. The number of unbranched alkanes of at least 4 members (excludes halogenated alkanes) is 1.